The van der Waals surface area contributed by atoms with Crippen LogP contribution in [0, 0.1) is 0 Å². The van der Waals surface area contributed by atoms with Crippen molar-refractivity contribution >= 4 is 11.5 Å². The number of pyridine rings is 1. The van der Waals surface area contributed by atoms with E-state index in [0.717, 1.165) is 44.1 Å². The molecule has 0 radical (unpaired) electrons. The smallest absolute Gasteiger partial charge is 0.152 e. The molecule has 5 nitrogen and oxygen atoms in total. The molecular weight excluding hydrogens is 264 g/mol. The number of likely N-dealkylation sites (N-methyl/N-ethyl adjacent to an activating group) is 1. The molecule has 0 spiro atoms. The molecule has 0 aliphatic carbocycles. The molecule has 0 amide bonds. The van der Waals surface area contributed by atoms with Crippen LogP contribution in [0.5, 0.6) is 0 Å². The number of hydrogen-bond acceptors (Lipinski definition) is 4. The summed E-state index contributed by atoms with van der Waals surface area (Å²) in [7, 11) is 1.74. The molecule has 21 heavy (non-hydrogen) atoms. The fourth-order valence-electron chi connectivity index (χ4n) is 2.45. The Morgan fingerprint density at radius 3 is 2.90 bits per heavy atom. The first-order valence-corrected chi connectivity index (χ1v) is 7.72. The maximum Gasteiger partial charge on any atom is 0.152 e. The Morgan fingerprint density at radius 1 is 1.33 bits per heavy atom. The van der Waals surface area contributed by atoms with E-state index in [1.807, 2.05) is 12.1 Å². The third kappa shape index (κ3) is 3.74. The average Bonchev–Trinajstić information content (AvgIpc) is 2.87. The first-order valence-electron chi connectivity index (χ1n) is 7.72. The van der Waals surface area contributed by atoms with Crippen LogP contribution in [-0.4, -0.2) is 42.7 Å². The quantitative estimate of drug-likeness (QED) is 0.720. The van der Waals surface area contributed by atoms with Crippen molar-refractivity contribution in [3.8, 4) is 0 Å². The second-order valence-electron chi connectivity index (χ2n) is 5.06. The number of rotatable bonds is 9. The summed E-state index contributed by atoms with van der Waals surface area (Å²) in [5, 5.41) is 3.49. The van der Waals surface area contributed by atoms with Crippen molar-refractivity contribution in [2.75, 3.05) is 38.3 Å². The lowest BCUT2D eigenvalue weighted by Crippen LogP contribution is -2.29. The molecule has 0 aromatic carbocycles. The number of ether oxygens (including phenoxy) is 1. The molecule has 0 saturated heterocycles. The topological polar surface area (TPSA) is 41.8 Å². The number of methoxy groups -OCH3 is 1. The number of imidazole rings is 1. The second kappa shape index (κ2) is 8.00. The molecule has 2 rings (SSSR count). The highest BCUT2D eigenvalue weighted by Crippen LogP contribution is 2.21. The van der Waals surface area contributed by atoms with Crippen LogP contribution in [0.1, 0.15) is 26.0 Å². The van der Waals surface area contributed by atoms with Crippen molar-refractivity contribution in [1.29, 1.82) is 0 Å². The lowest BCUT2D eigenvalue weighted by molar-refractivity contribution is 0.205. The Morgan fingerprint density at radius 2 is 2.19 bits per heavy atom. The fraction of sp³-hybridized carbons (Fsp3) is 0.562. The first-order chi connectivity index (χ1) is 10.3. The van der Waals surface area contributed by atoms with E-state index in [1.54, 1.807) is 7.11 Å². The number of hydrogen-bond donors (Lipinski definition) is 1. The van der Waals surface area contributed by atoms with Crippen molar-refractivity contribution in [2.45, 2.75) is 26.8 Å². The molecule has 2 aromatic rings. The van der Waals surface area contributed by atoms with Crippen LogP contribution in [0.25, 0.3) is 5.65 Å². The van der Waals surface area contributed by atoms with Gasteiger partial charge in [-0.05, 0) is 32.0 Å². The minimum Gasteiger partial charge on any atom is -0.383 e. The summed E-state index contributed by atoms with van der Waals surface area (Å²) in [6.07, 6.45) is 3.21. The SMILES string of the molecule is CCCNCc1c(N(CC)CCOC)nc2ccccn12. The maximum atomic E-state index is 5.22. The van der Waals surface area contributed by atoms with Crippen LogP contribution in [0.2, 0.25) is 0 Å². The van der Waals surface area contributed by atoms with Gasteiger partial charge in [0.05, 0.1) is 12.3 Å². The third-order valence-electron chi connectivity index (χ3n) is 3.57. The zero-order valence-electron chi connectivity index (χ0n) is 13.3. The summed E-state index contributed by atoms with van der Waals surface area (Å²) in [5.74, 6) is 1.06. The van der Waals surface area contributed by atoms with Crippen molar-refractivity contribution in [3.05, 3.63) is 30.1 Å². The highest BCUT2D eigenvalue weighted by atomic mass is 16.5. The predicted octanol–water partition coefficient (Wildman–Crippen LogP) is 2.31. The minimum atomic E-state index is 0.712. The van der Waals surface area contributed by atoms with Gasteiger partial charge in [-0.15, -0.1) is 0 Å². The number of nitrogens with zero attached hydrogens (tertiary/aromatic N) is 3. The van der Waals surface area contributed by atoms with E-state index in [2.05, 4.69) is 40.7 Å². The van der Waals surface area contributed by atoms with Crippen LogP contribution >= 0.6 is 0 Å². The molecule has 5 heteroatoms. The van der Waals surface area contributed by atoms with Crippen molar-refractivity contribution in [2.24, 2.45) is 0 Å². The van der Waals surface area contributed by atoms with Crippen molar-refractivity contribution in [3.63, 3.8) is 0 Å². The summed E-state index contributed by atoms with van der Waals surface area (Å²) < 4.78 is 7.39. The van der Waals surface area contributed by atoms with E-state index in [9.17, 15) is 0 Å². The normalized spacial score (nSPS) is 11.2. The van der Waals surface area contributed by atoms with Gasteiger partial charge in [-0.1, -0.05) is 13.0 Å². The van der Waals surface area contributed by atoms with Crippen LogP contribution < -0.4 is 10.2 Å². The van der Waals surface area contributed by atoms with Gasteiger partial charge in [-0.3, -0.25) is 0 Å². The van der Waals surface area contributed by atoms with Gasteiger partial charge in [-0.2, -0.15) is 0 Å². The van der Waals surface area contributed by atoms with Gasteiger partial charge in [0.1, 0.15) is 5.65 Å². The van der Waals surface area contributed by atoms with E-state index < -0.39 is 0 Å². The molecule has 0 aliphatic heterocycles. The van der Waals surface area contributed by atoms with Crippen LogP contribution in [0.15, 0.2) is 24.4 Å². The predicted molar refractivity (Wildman–Crippen MR) is 87.0 cm³/mol. The van der Waals surface area contributed by atoms with E-state index >= 15 is 0 Å². The Labute approximate surface area is 126 Å². The average molecular weight is 290 g/mol. The fourth-order valence-corrected chi connectivity index (χ4v) is 2.45. The summed E-state index contributed by atoms with van der Waals surface area (Å²) in [4.78, 5) is 7.09. The lowest BCUT2D eigenvalue weighted by atomic mass is 10.3. The molecule has 0 unspecified atom stereocenters. The van der Waals surface area contributed by atoms with Gasteiger partial charge >= 0.3 is 0 Å². The van der Waals surface area contributed by atoms with Crippen molar-refractivity contribution < 1.29 is 4.74 Å². The Bertz CT molecular complexity index is 552. The molecule has 0 fully saturated rings. The molecule has 116 valence electrons. The van der Waals surface area contributed by atoms with Crippen molar-refractivity contribution in [1.82, 2.24) is 14.7 Å². The molecule has 2 heterocycles. The molecule has 2 aromatic heterocycles. The van der Waals surface area contributed by atoms with E-state index in [0.29, 0.717) is 6.61 Å². The molecule has 0 aliphatic rings. The summed E-state index contributed by atoms with van der Waals surface area (Å²) in [6.45, 7) is 8.68. The highest BCUT2D eigenvalue weighted by molar-refractivity contribution is 5.56. The van der Waals surface area contributed by atoms with Gasteiger partial charge in [0.25, 0.3) is 0 Å². The van der Waals surface area contributed by atoms with Crippen LogP contribution in [-0.2, 0) is 11.3 Å². The summed E-state index contributed by atoms with van der Waals surface area (Å²) in [5.41, 5.74) is 2.22. The van der Waals surface area contributed by atoms with E-state index in [-0.39, 0.29) is 0 Å². The standard InChI is InChI=1S/C16H26N4O/c1-4-9-17-13-14-16(19(5-2)11-12-21-3)18-15-8-6-7-10-20(14)15/h6-8,10,17H,4-5,9,11-13H2,1-3H3. The zero-order chi connectivity index (χ0) is 15.1. The third-order valence-corrected chi connectivity index (χ3v) is 3.57. The number of aromatic nitrogens is 2. The zero-order valence-corrected chi connectivity index (χ0v) is 13.3. The van der Waals surface area contributed by atoms with Gasteiger partial charge in [0.15, 0.2) is 5.82 Å². The number of anilines is 1. The van der Waals surface area contributed by atoms with E-state index in [1.165, 1.54) is 5.69 Å². The maximum absolute atomic E-state index is 5.22. The minimum absolute atomic E-state index is 0.712. The summed E-state index contributed by atoms with van der Waals surface area (Å²) in [6, 6.07) is 6.13. The molecular formula is C16H26N4O. The lowest BCUT2D eigenvalue weighted by Gasteiger charge is -2.21. The second-order valence-corrected chi connectivity index (χ2v) is 5.06. The van der Waals surface area contributed by atoms with Gasteiger partial charge in [-0.25, -0.2) is 4.98 Å². The van der Waals surface area contributed by atoms with Gasteiger partial charge in [0.2, 0.25) is 0 Å². The molecule has 0 saturated carbocycles. The van der Waals surface area contributed by atoms with Gasteiger partial charge < -0.3 is 19.4 Å². The Balaban J connectivity index is 2.32. The first kappa shape index (κ1) is 15.8. The Kier molecular flexibility index (Phi) is 6.02. The van der Waals surface area contributed by atoms with Crippen LogP contribution in [0.3, 0.4) is 0 Å². The Hall–Kier alpha value is -1.59. The molecule has 0 bridgehead atoms. The number of nitrogens with one attached hydrogen (secondary N) is 1. The largest absolute Gasteiger partial charge is 0.383 e. The summed E-state index contributed by atoms with van der Waals surface area (Å²) >= 11 is 0. The van der Waals surface area contributed by atoms with Gasteiger partial charge in [0, 0.05) is 32.9 Å². The monoisotopic (exact) mass is 290 g/mol. The van der Waals surface area contributed by atoms with E-state index in [4.69, 9.17) is 9.72 Å². The molecule has 1 N–H and O–H groups in total. The highest BCUT2D eigenvalue weighted by Gasteiger charge is 2.16. The van der Waals surface area contributed by atoms with Crippen LogP contribution in [0.4, 0.5) is 5.82 Å². The number of fused-ring (bicyclic) bond motifs is 1. The molecule has 0 atom stereocenters.